The summed E-state index contributed by atoms with van der Waals surface area (Å²) in [7, 11) is 0. The largest absolute Gasteiger partial charge is 0.494 e. The number of halogens is 1. The summed E-state index contributed by atoms with van der Waals surface area (Å²) in [6.45, 7) is 0.122. The molecule has 0 spiro atoms. The van der Waals surface area contributed by atoms with Crippen molar-refractivity contribution in [2.24, 2.45) is 0 Å². The second-order valence-corrected chi connectivity index (χ2v) is 4.40. The van der Waals surface area contributed by atoms with Crippen LogP contribution < -0.4 is 4.90 Å². The first kappa shape index (κ1) is 14.2. The van der Waals surface area contributed by atoms with Crippen LogP contribution in [0.5, 0.6) is 0 Å². The number of carboxylic acids is 1. The van der Waals surface area contributed by atoms with Gasteiger partial charge in [0.1, 0.15) is 26.0 Å². The third-order valence-corrected chi connectivity index (χ3v) is 2.79. The number of hydrogen-bond donors (Lipinski definition) is 1. The number of benzene rings is 1. The average Bonchev–Trinajstić information content (AvgIpc) is 2.46. The molecule has 0 radical (unpaired) electrons. The normalized spacial score (nSPS) is 13.8. The van der Waals surface area contributed by atoms with E-state index in [0.717, 1.165) is 4.90 Å². The van der Waals surface area contributed by atoms with Crippen LogP contribution in [0, 0.1) is 0 Å². The van der Waals surface area contributed by atoms with Gasteiger partial charge in [0, 0.05) is 10.7 Å². The van der Waals surface area contributed by atoms with E-state index in [0.29, 0.717) is 17.3 Å². The number of amides is 1. The van der Waals surface area contributed by atoms with Crippen molar-refractivity contribution in [2.75, 3.05) is 24.7 Å². The van der Waals surface area contributed by atoms with Crippen LogP contribution in [0.25, 0.3) is 0 Å². The van der Waals surface area contributed by atoms with Crippen LogP contribution in [-0.4, -0.2) is 36.7 Å². The van der Waals surface area contributed by atoms with Crippen LogP contribution in [0.3, 0.4) is 0 Å². The molecule has 1 amide bonds. The Morgan fingerprint density at radius 3 is 2.50 bits per heavy atom. The van der Waals surface area contributed by atoms with Crippen LogP contribution in [0.2, 0.25) is 5.02 Å². The zero-order chi connectivity index (χ0) is 14.5. The number of carboxylic acid groups (broad SMARTS) is 1. The highest BCUT2D eigenvalue weighted by Crippen LogP contribution is 2.20. The first-order valence-corrected chi connectivity index (χ1v) is 6.19. The minimum atomic E-state index is -1.13. The van der Waals surface area contributed by atoms with Crippen molar-refractivity contribution in [3.63, 3.8) is 0 Å². The molecule has 1 N–H and O–H groups in total. The monoisotopic (exact) mass is 297 g/mol. The number of nitrogens with zero attached hydrogens (tertiary/aromatic N) is 1. The number of carbonyl (C=O) groups is 2. The summed E-state index contributed by atoms with van der Waals surface area (Å²) in [5.41, 5.74) is 0.414. The highest BCUT2D eigenvalue weighted by molar-refractivity contribution is 6.30. The fourth-order valence-corrected chi connectivity index (χ4v) is 1.78. The Morgan fingerprint density at radius 1 is 1.25 bits per heavy atom. The molecule has 0 unspecified atom stereocenters. The Morgan fingerprint density at radius 2 is 1.95 bits per heavy atom. The molecule has 0 aliphatic carbocycles. The van der Waals surface area contributed by atoms with Crippen molar-refractivity contribution in [3.8, 4) is 0 Å². The van der Waals surface area contributed by atoms with E-state index < -0.39 is 18.4 Å². The molecule has 1 heterocycles. The fraction of sp³-hybridized carbons (Fsp3) is 0.231. The minimum absolute atomic E-state index is 0.0209. The first-order valence-electron chi connectivity index (χ1n) is 5.82. The molecule has 1 aromatic carbocycles. The second-order valence-electron chi connectivity index (χ2n) is 3.96. The molecule has 1 aliphatic rings. The molecule has 0 saturated carbocycles. The molecular weight excluding hydrogens is 286 g/mol. The van der Waals surface area contributed by atoms with Crippen molar-refractivity contribution in [1.82, 2.24) is 0 Å². The van der Waals surface area contributed by atoms with Gasteiger partial charge in [0.05, 0.1) is 0 Å². The van der Waals surface area contributed by atoms with Crippen molar-refractivity contribution in [2.45, 2.75) is 0 Å². The molecule has 0 fully saturated rings. The number of rotatable bonds is 4. The first-order chi connectivity index (χ1) is 9.58. The van der Waals surface area contributed by atoms with Gasteiger partial charge in [-0.3, -0.25) is 14.5 Å². The van der Waals surface area contributed by atoms with Gasteiger partial charge >= 0.3 is 5.97 Å². The van der Waals surface area contributed by atoms with Crippen molar-refractivity contribution in [1.29, 1.82) is 0 Å². The quantitative estimate of drug-likeness (QED) is 0.914. The number of ether oxygens (including phenoxy) is 2. The van der Waals surface area contributed by atoms with Gasteiger partial charge in [-0.25, -0.2) is 0 Å². The summed E-state index contributed by atoms with van der Waals surface area (Å²) < 4.78 is 10.2. The molecule has 1 aromatic rings. The van der Waals surface area contributed by atoms with Gasteiger partial charge < -0.3 is 14.6 Å². The van der Waals surface area contributed by atoms with Gasteiger partial charge in [-0.05, 0) is 24.3 Å². The van der Waals surface area contributed by atoms with Crippen LogP contribution in [0.15, 0.2) is 36.3 Å². The van der Waals surface area contributed by atoms with Gasteiger partial charge in [0.2, 0.25) is 5.76 Å². The Balaban J connectivity index is 2.27. The Kier molecular flexibility index (Phi) is 4.47. The molecule has 106 valence electrons. The van der Waals surface area contributed by atoms with E-state index in [4.69, 9.17) is 26.2 Å². The summed E-state index contributed by atoms with van der Waals surface area (Å²) in [5.74, 6) is -1.73. The van der Waals surface area contributed by atoms with E-state index in [1.165, 1.54) is 6.26 Å². The van der Waals surface area contributed by atoms with Gasteiger partial charge in [-0.2, -0.15) is 0 Å². The zero-order valence-electron chi connectivity index (χ0n) is 10.4. The minimum Gasteiger partial charge on any atom is -0.494 e. The lowest BCUT2D eigenvalue weighted by Gasteiger charge is -2.23. The van der Waals surface area contributed by atoms with E-state index in [1.807, 2.05) is 0 Å². The molecule has 2 rings (SSSR count). The summed E-state index contributed by atoms with van der Waals surface area (Å²) in [6.07, 6.45) is 1.19. The van der Waals surface area contributed by atoms with Crippen molar-refractivity contribution < 1.29 is 24.2 Å². The highest BCUT2D eigenvalue weighted by atomic mass is 35.5. The van der Waals surface area contributed by atoms with Crippen LogP contribution in [-0.2, 0) is 19.1 Å². The number of hydrogen-bond acceptors (Lipinski definition) is 4. The lowest BCUT2D eigenvalue weighted by Crippen LogP contribution is -2.38. The predicted molar refractivity (Wildman–Crippen MR) is 71.4 cm³/mol. The maximum atomic E-state index is 12.3. The second kappa shape index (κ2) is 6.29. The van der Waals surface area contributed by atoms with E-state index >= 15 is 0 Å². The molecule has 7 heteroatoms. The van der Waals surface area contributed by atoms with E-state index in [2.05, 4.69) is 0 Å². The SMILES string of the molecule is O=C(O)CN(C(=O)C1=COCCO1)c1ccc(Cl)cc1. The predicted octanol–water partition coefficient (Wildman–Crippen LogP) is 1.65. The van der Waals surface area contributed by atoms with E-state index in [1.54, 1.807) is 24.3 Å². The maximum Gasteiger partial charge on any atom is 0.323 e. The summed E-state index contributed by atoms with van der Waals surface area (Å²) in [6, 6.07) is 6.28. The van der Waals surface area contributed by atoms with E-state index in [9.17, 15) is 9.59 Å². The topological polar surface area (TPSA) is 76.1 Å². The van der Waals surface area contributed by atoms with Gasteiger partial charge in [0.15, 0.2) is 0 Å². The molecular formula is C13H12ClNO5. The molecule has 6 nitrogen and oxygen atoms in total. The van der Waals surface area contributed by atoms with Gasteiger partial charge in [0.25, 0.3) is 5.91 Å². The number of carbonyl (C=O) groups excluding carboxylic acids is 1. The number of anilines is 1. The molecule has 1 aliphatic heterocycles. The third kappa shape index (κ3) is 3.42. The molecule has 0 aromatic heterocycles. The summed E-state index contributed by atoms with van der Waals surface area (Å²) in [5, 5.41) is 9.43. The smallest absolute Gasteiger partial charge is 0.323 e. The van der Waals surface area contributed by atoms with Gasteiger partial charge in [-0.15, -0.1) is 0 Å². The summed E-state index contributed by atoms with van der Waals surface area (Å²) >= 11 is 5.77. The molecule has 0 atom stereocenters. The lowest BCUT2D eigenvalue weighted by atomic mass is 10.2. The third-order valence-electron chi connectivity index (χ3n) is 2.54. The standard InChI is InChI=1S/C13H12ClNO5/c14-9-1-3-10(4-2-9)15(7-12(16)17)13(18)11-8-19-5-6-20-11/h1-4,8H,5-7H2,(H,16,17). The molecule has 20 heavy (non-hydrogen) atoms. The average molecular weight is 298 g/mol. The molecule has 0 bridgehead atoms. The molecule has 0 saturated heterocycles. The fourth-order valence-electron chi connectivity index (χ4n) is 1.65. The Bertz CT molecular complexity index is 540. The van der Waals surface area contributed by atoms with Crippen LogP contribution in [0.4, 0.5) is 5.69 Å². The van der Waals surface area contributed by atoms with Gasteiger partial charge in [-0.1, -0.05) is 11.6 Å². The van der Waals surface area contributed by atoms with Crippen molar-refractivity contribution in [3.05, 3.63) is 41.3 Å². The Labute approximate surface area is 120 Å². The maximum absolute atomic E-state index is 12.3. The van der Waals surface area contributed by atoms with Crippen molar-refractivity contribution >= 4 is 29.2 Å². The lowest BCUT2D eigenvalue weighted by molar-refractivity contribution is -0.136. The van der Waals surface area contributed by atoms with E-state index in [-0.39, 0.29) is 12.4 Å². The summed E-state index contributed by atoms with van der Waals surface area (Å²) in [4.78, 5) is 24.3. The number of aliphatic carboxylic acids is 1. The Hall–Kier alpha value is -2.21. The highest BCUT2D eigenvalue weighted by Gasteiger charge is 2.25. The van der Waals surface area contributed by atoms with Crippen LogP contribution >= 0.6 is 11.6 Å². The van der Waals surface area contributed by atoms with Crippen LogP contribution in [0.1, 0.15) is 0 Å². The zero-order valence-corrected chi connectivity index (χ0v) is 11.2.